The van der Waals surface area contributed by atoms with E-state index in [1.54, 1.807) is 14.0 Å². The van der Waals surface area contributed by atoms with E-state index >= 15 is 0 Å². The normalized spacial score (nSPS) is 9.94. The Morgan fingerprint density at radius 2 is 2.11 bits per heavy atom. The Morgan fingerprint density at radius 1 is 1.44 bits per heavy atom. The van der Waals surface area contributed by atoms with E-state index in [9.17, 15) is 14.0 Å². The summed E-state index contributed by atoms with van der Waals surface area (Å²) in [5.74, 6) is -2.04. The van der Waals surface area contributed by atoms with Gasteiger partial charge in [0.15, 0.2) is 0 Å². The Bertz CT molecular complexity index is 463. The molecule has 0 aliphatic heterocycles. The molecular weight excluding hydrogens is 239 g/mol. The van der Waals surface area contributed by atoms with Gasteiger partial charge in [-0.1, -0.05) is 0 Å². The zero-order valence-electron chi connectivity index (χ0n) is 10.2. The zero-order valence-corrected chi connectivity index (χ0v) is 10.2. The quantitative estimate of drug-likeness (QED) is 0.832. The third-order valence-corrected chi connectivity index (χ3v) is 2.50. The lowest BCUT2D eigenvalue weighted by Crippen LogP contribution is -2.38. The van der Waals surface area contributed by atoms with Crippen LogP contribution in [-0.2, 0) is 4.79 Å². The van der Waals surface area contributed by atoms with Crippen molar-refractivity contribution in [3.05, 3.63) is 29.6 Å². The SMILES string of the molecule is CCN(C)C(=O)CNC(=O)c1ccc(O)cc1F. The molecule has 0 aliphatic rings. The molecule has 1 aromatic rings. The number of aromatic hydroxyl groups is 1. The molecule has 1 rings (SSSR count). The fraction of sp³-hybridized carbons (Fsp3) is 0.333. The molecule has 0 bridgehead atoms. The molecule has 0 heterocycles. The van der Waals surface area contributed by atoms with Crippen molar-refractivity contribution in [2.75, 3.05) is 20.1 Å². The molecular formula is C12H15FN2O3. The average molecular weight is 254 g/mol. The minimum absolute atomic E-state index is 0.191. The highest BCUT2D eigenvalue weighted by atomic mass is 19.1. The smallest absolute Gasteiger partial charge is 0.254 e. The molecule has 0 aliphatic carbocycles. The van der Waals surface area contributed by atoms with E-state index in [1.807, 2.05) is 0 Å². The number of benzene rings is 1. The van der Waals surface area contributed by atoms with E-state index in [0.717, 1.165) is 12.1 Å². The van der Waals surface area contributed by atoms with Crippen LogP contribution in [0.2, 0.25) is 0 Å². The van der Waals surface area contributed by atoms with Gasteiger partial charge in [0, 0.05) is 19.7 Å². The molecule has 0 unspecified atom stereocenters. The first-order valence-electron chi connectivity index (χ1n) is 5.46. The summed E-state index contributed by atoms with van der Waals surface area (Å²) in [7, 11) is 1.61. The Balaban J connectivity index is 2.63. The van der Waals surface area contributed by atoms with Crippen LogP contribution in [0.5, 0.6) is 5.75 Å². The van der Waals surface area contributed by atoms with Crippen LogP contribution in [0.15, 0.2) is 18.2 Å². The maximum Gasteiger partial charge on any atom is 0.254 e. The second-order valence-electron chi connectivity index (χ2n) is 3.75. The molecule has 0 aromatic heterocycles. The molecule has 0 saturated carbocycles. The third-order valence-electron chi connectivity index (χ3n) is 2.50. The van der Waals surface area contributed by atoms with Gasteiger partial charge in [-0.25, -0.2) is 4.39 Å². The average Bonchev–Trinajstić information content (AvgIpc) is 2.34. The molecule has 2 amide bonds. The lowest BCUT2D eigenvalue weighted by Gasteiger charge is -2.14. The number of amides is 2. The number of nitrogens with zero attached hydrogens (tertiary/aromatic N) is 1. The molecule has 18 heavy (non-hydrogen) atoms. The fourth-order valence-corrected chi connectivity index (χ4v) is 1.25. The lowest BCUT2D eigenvalue weighted by molar-refractivity contribution is -0.128. The monoisotopic (exact) mass is 254 g/mol. The molecule has 0 radical (unpaired) electrons. The van der Waals surface area contributed by atoms with Crippen molar-refractivity contribution in [1.29, 1.82) is 0 Å². The van der Waals surface area contributed by atoms with Crippen LogP contribution in [0.1, 0.15) is 17.3 Å². The highest BCUT2D eigenvalue weighted by molar-refractivity contribution is 5.96. The molecule has 0 atom stereocenters. The predicted octanol–water partition coefficient (Wildman–Crippen LogP) is 0.739. The summed E-state index contributed by atoms with van der Waals surface area (Å²) in [6.07, 6.45) is 0. The first-order valence-corrected chi connectivity index (χ1v) is 5.46. The summed E-state index contributed by atoms with van der Waals surface area (Å²) >= 11 is 0. The maximum absolute atomic E-state index is 13.3. The van der Waals surface area contributed by atoms with Gasteiger partial charge in [-0.15, -0.1) is 0 Å². The van der Waals surface area contributed by atoms with Crippen LogP contribution in [0.4, 0.5) is 4.39 Å². The molecule has 2 N–H and O–H groups in total. The van der Waals surface area contributed by atoms with Gasteiger partial charge in [-0.05, 0) is 19.1 Å². The second kappa shape index (κ2) is 6.00. The van der Waals surface area contributed by atoms with Crippen molar-refractivity contribution in [2.45, 2.75) is 6.92 Å². The number of phenolic OH excluding ortho intramolecular Hbond substituents is 1. The topological polar surface area (TPSA) is 69.6 Å². The number of hydrogen-bond donors (Lipinski definition) is 2. The predicted molar refractivity (Wildman–Crippen MR) is 63.7 cm³/mol. The van der Waals surface area contributed by atoms with Crippen molar-refractivity contribution in [3.8, 4) is 5.75 Å². The molecule has 0 fully saturated rings. The molecule has 0 spiro atoms. The number of halogens is 1. The van der Waals surface area contributed by atoms with Crippen molar-refractivity contribution >= 4 is 11.8 Å². The molecule has 5 nitrogen and oxygen atoms in total. The zero-order chi connectivity index (χ0) is 13.7. The van der Waals surface area contributed by atoms with Crippen molar-refractivity contribution in [1.82, 2.24) is 10.2 Å². The van der Waals surface area contributed by atoms with E-state index < -0.39 is 11.7 Å². The standard InChI is InChI=1S/C12H15FN2O3/c1-3-15(2)11(17)7-14-12(18)9-5-4-8(16)6-10(9)13/h4-6,16H,3,7H2,1-2H3,(H,14,18). The first kappa shape index (κ1) is 14.0. The first-order chi connectivity index (χ1) is 8.45. The third kappa shape index (κ3) is 3.44. The number of nitrogens with one attached hydrogen (secondary N) is 1. The van der Waals surface area contributed by atoms with E-state index in [-0.39, 0.29) is 23.8 Å². The van der Waals surface area contributed by atoms with Crippen LogP contribution in [0, 0.1) is 5.82 Å². The Hall–Kier alpha value is -2.11. The number of carbonyl (C=O) groups excluding carboxylic acids is 2. The number of carbonyl (C=O) groups is 2. The summed E-state index contributed by atoms with van der Waals surface area (Å²) in [5.41, 5.74) is -0.209. The largest absolute Gasteiger partial charge is 0.508 e. The number of likely N-dealkylation sites (N-methyl/N-ethyl adjacent to an activating group) is 1. The summed E-state index contributed by atoms with van der Waals surface area (Å²) in [6, 6.07) is 3.21. The van der Waals surface area contributed by atoms with Crippen LogP contribution in [0.3, 0.4) is 0 Å². The summed E-state index contributed by atoms with van der Waals surface area (Å²) < 4.78 is 13.3. The molecule has 1 aromatic carbocycles. The molecule has 0 saturated heterocycles. The van der Waals surface area contributed by atoms with Gasteiger partial charge in [0.1, 0.15) is 11.6 Å². The number of hydrogen-bond acceptors (Lipinski definition) is 3. The summed E-state index contributed by atoms with van der Waals surface area (Å²) in [6.45, 7) is 2.14. The van der Waals surface area contributed by atoms with E-state index in [0.29, 0.717) is 6.54 Å². The Labute approximate surface area is 104 Å². The van der Waals surface area contributed by atoms with Gasteiger partial charge in [0.05, 0.1) is 12.1 Å². The minimum atomic E-state index is -0.830. The second-order valence-corrected chi connectivity index (χ2v) is 3.75. The summed E-state index contributed by atoms with van der Waals surface area (Å²) in [5, 5.41) is 11.3. The van der Waals surface area contributed by atoms with E-state index in [4.69, 9.17) is 5.11 Å². The highest BCUT2D eigenvalue weighted by Gasteiger charge is 2.14. The van der Waals surface area contributed by atoms with Gasteiger partial charge in [0.2, 0.25) is 5.91 Å². The minimum Gasteiger partial charge on any atom is -0.508 e. The van der Waals surface area contributed by atoms with E-state index in [2.05, 4.69) is 5.32 Å². The van der Waals surface area contributed by atoms with Crippen molar-refractivity contribution in [2.24, 2.45) is 0 Å². The van der Waals surface area contributed by atoms with Gasteiger partial charge in [-0.3, -0.25) is 9.59 Å². The van der Waals surface area contributed by atoms with Crippen LogP contribution in [0.25, 0.3) is 0 Å². The maximum atomic E-state index is 13.3. The fourth-order valence-electron chi connectivity index (χ4n) is 1.25. The molecule has 6 heteroatoms. The van der Waals surface area contributed by atoms with Crippen molar-refractivity contribution < 1.29 is 19.1 Å². The Kier molecular flexibility index (Phi) is 4.65. The van der Waals surface area contributed by atoms with Gasteiger partial charge >= 0.3 is 0 Å². The lowest BCUT2D eigenvalue weighted by atomic mass is 10.2. The summed E-state index contributed by atoms with van der Waals surface area (Å²) in [4.78, 5) is 24.5. The van der Waals surface area contributed by atoms with Gasteiger partial charge in [0.25, 0.3) is 5.91 Å². The van der Waals surface area contributed by atoms with E-state index in [1.165, 1.54) is 11.0 Å². The van der Waals surface area contributed by atoms with Crippen molar-refractivity contribution in [3.63, 3.8) is 0 Å². The van der Waals surface area contributed by atoms with Crippen LogP contribution in [-0.4, -0.2) is 42.0 Å². The number of phenols is 1. The van der Waals surface area contributed by atoms with Crippen LogP contribution >= 0.6 is 0 Å². The highest BCUT2D eigenvalue weighted by Crippen LogP contribution is 2.14. The Morgan fingerprint density at radius 3 is 2.67 bits per heavy atom. The van der Waals surface area contributed by atoms with Gasteiger partial charge < -0.3 is 15.3 Å². The molecule has 98 valence electrons. The van der Waals surface area contributed by atoms with Gasteiger partial charge in [-0.2, -0.15) is 0 Å². The van der Waals surface area contributed by atoms with Crippen LogP contribution < -0.4 is 5.32 Å². The number of rotatable bonds is 4.